The van der Waals surface area contributed by atoms with Crippen molar-refractivity contribution in [2.45, 2.75) is 19.7 Å². The van der Waals surface area contributed by atoms with Crippen LogP contribution in [0.5, 0.6) is 0 Å². The van der Waals surface area contributed by atoms with E-state index in [1.165, 1.54) is 0 Å². The highest BCUT2D eigenvalue weighted by molar-refractivity contribution is 8.24. The SMILES string of the molecule is CC.O=P(Cl)(Cl)Cl.O=c1[nH]c(CCl)nc2ccccc12. The monoisotopic (exact) mass is 376 g/mol. The molecule has 0 fully saturated rings. The minimum absolute atomic E-state index is 0.138. The number of nitrogens with one attached hydrogen (secondary N) is 1. The van der Waals surface area contributed by atoms with Gasteiger partial charge in [-0.05, 0) is 45.9 Å². The summed E-state index contributed by atoms with van der Waals surface area (Å²) in [4.78, 5) is 18.2. The Bertz CT molecular complexity index is 633. The number of hydrogen-bond acceptors (Lipinski definition) is 3. The summed E-state index contributed by atoms with van der Waals surface area (Å²) in [5, 5.41) is -2.63. The Morgan fingerprint density at radius 2 is 1.70 bits per heavy atom. The van der Waals surface area contributed by atoms with Gasteiger partial charge in [-0.15, -0.1) is 11.6 Å². The summed E-state index contributed by atoms with van der Waals surface area (Å²) in [6.07, 6.45) is 0. The zero-order chi connectivity index (χ0) is 15.8. The van der Waals surface area contributed by atoms with Gasteiger partial charge in [0.05, 0.1) is 16.8 Å². The number of rotatable bonds is 1. The van der Waals surface area contributed by atoms with Crippen LogP contribution in [0.4, 0.5) is 0 Å². The summed E-state index contributed by atoms with van der Waals surface area (Å²) >= 11 is 19.4. The molecule has 0 saturated carbocycles. The van der Waals surface area contributed by atoms with Gasteiger partial charge in [-0.25, -0.2) is 4.98 Å². The number of fused-ring (bicyclic) bond motifs is 1. The van der Waals surface area contributed by atoms with Crippen LogP contribution >= 0.6 is 50.5 Å². The standard InChI is InChI=1S/C9H7ClN2O.C2H6.Cl3OP/c10-5-8-11-7-4-2-1-3-6(7)9(13)12-8;1-2;1-5(2,3)4/h1-4H,5H2,(H,11,12,13);1-2H3;. The molecule has 0 aliphatic heterocycles. The maximum absolute atomic E-state index is 11.4. The van der Waals surface area contributed by atoms with Gasteiger partial charge in [-0.1, -0.05) is 26.0 Å². The minimum Gasteiger partial charge on any atom is -0.309 e. The molecule has 9 heteroatoms. The van der Waals surface area contributed by atoms with Crippen LogP contribution in [0.15, 0.2) is 29.1 Å². The Morgan fingerprint density at radius 3 is 2.20 bits per heavy atom. The highest BCUT2D eigenvalue weighted by Crippen LogP contribution is 2.61. The van der Waals surface area contributed by atoms with E-state index >= 15 is 0 Å². The van der Waals surface area contributed by atoms with Crippen molar-refractivity contribution in [2.24, 2.45) is 0 Å². The fourth-order valence-corrected chi connectivity index (χ4v) is 1.32. The zero-order valence-electron chi connectivity index (χ0n) is 10.7. The van der Waals surface area contributed by atoms with Crippen molar-refractivity contribution in [1.29, 1.82) is 0 Å². The predicted molar refractivity (Wildman–Crippen MR) is 88.4 cm³/mol. The number of aromatic nitrogens is 2. The van der Waals surface area contributed by atoms with Crippen molar-refractivity contribution in [3.63, 3.8) is 0 Å². The molecule has 1 aromatic carbocycles. The van der Waals surface area contributed by atoms with Gasteiger partial charge < -0.3 is 4.98 Å². The van der Waals surface area contributed by atoms with E-state index in [0.29, 0.717) is 16.7 Å². The van der Waals surface area contributed by atoms with Crippen molar-refractivity contribution >= 4 is 61.4 Å². The predicted octanol–water partition coefficient (Wildman–Crippen LogP) is 5.50. The third kappa shape index (κ3) is 8.13. The molecule has 0 aliphatic carbocycles. The average molecular weight is 378 g/mol. The van der Waals surface area contributed by atoms with Gasteiger partial charge in [-0.2, -0.15) is 0 Å². The molecule has 2 aromatic rings. The highest BCUT2D eigenvalue weighted by atomic mass is 36.0. The molecule has 1 aromatic heterocycles. The van der Waals surface area contributed by atoms with Gasteiger partial charge in [0.1, 0.15) is 5.82 Å². The summed E-state index contributed by atoms with van der Waals surface area (Å²) in [6, 6.07) is 7.17. The van der Waals surface area contributed by atoms with E-state index in [1.807, 2.05) is 19.9 Å². The fourth-order valence-electron chi connectivity index (χ4n) is 1.20. The Hall–Kier alpha value is -0.250. The van der Waals surface area contributed by atoms with Crippen LogP contribution < -0.4 is 5.56 Å². The van der Waals surface area contributed by atoms with Crippen LogP contribution in [0.25, 0.3) is 10.9 Å². The maximum atomic E-state index is 11.4. The summed E-state index contributed by atoms with van der Waals surface area (Å²) in [5.74, 6) is 0.727. The van der Waals surface area contributed by atoms with E-state index in [-0.39, 0.29) is 11.4 Å². The Morgan fingerprint density at radius 1 is 1.20 bits per heavy atom. The van der Waals surface area contributed by atoms with Crippen molar-refractivity contribution in [3.8, 4) is 0 Å². The first-order valence-corrected chi connectivity index (χ1v) is 10.5. The smallest absolute Gasteiger partial charge is 0.309 e. The topological polar surface area (TPSA) is 62.8 Å². The third-order valence-corrected chi connectivity index (χ3v) is 2.04. The molecule has 0 unspecified atom stereocenters. The molecule has 112 valence electrons. The second-order valence-electron chi connectivity index (χ2n) is 3.06. The van der Waals surface area contributed by atoms with Crippen LogP contribution in [0.1, 0.15) is 19.7 Å². The lowest BCUT2D eigenvalue weighted by Crippen LogP contribution is -2.10. The van der Waals surface area contributed by atoms with Crippen LogP contribution in [-0.2, 0) is 10.4 Å². The normalized spacial score (nSPS) is 10.1. The number of benzene rings is 1. The van der Waals surface area contributed by atoms with E-state index in [9.17, 15) is 9.36 Å². The average Bonchev–Trinajstić information content (AvgIpc) is 2.39. The largest absolute Gasteiger partial charge is 0.339 e. The van der Waals surface area contributed by atoms with Crippen molar-refractivity contribution < 1.29 is 4.57 Å². The fraction of sp³-hybridized carbons (Fsp3) is 0.273. The second kappa shape index (κ2) is 9.64. The van der Waals surface area contributed by atoms with E-state index in [1.54, 1.807) is 18.2 Å². The molecule has 0 aliphatic rings. The van der Waals surface area contributed by atoms with Crippen molar-refractivity contribution in [1.82, 2.24) is 9.97 Å². The quantitative estimate of drug-likeness (QED) is 0.527. The summed E-state index contributed by atoms with van der Waals surface area (Å²) in [5.41, 5.74) is 0.545. The summed E-state index contributed by atoms with van der Waals surface area (Å²) in [6.45, 7) is 4.00. The number of alkyl halides is 1. The van der Waals surface area contributed by atoms with Crippen LogP contribution in [0.3, 0.4) is 0 Å². The summed E-state index contributed by atoms with van der Waals surface area (Å²) in [7, 11) is 0. The molecule has 1 heterocycles. The number of nitrogens with zero attached hydrogens (tertiary/aromatic N) is 1. The van der Waals surface area contributed by atoms with Crippen molar-refractivity contribution in [3.05, 3.63) is 40.4 Å². The first-order chi connectivity index (χ1) is 9.31. The van der Waals surface area contributed by atoms with Crippen LogP contribution in [0, 0.1) is 0 Å². The number of H-pyrrole nitrogens is 1. The number of halogens is 4. The molecule has 20 heavy (non-hydrogen) atoms. The Balaban J connectivity index is 0.000000441. The maximum Gasteiger partial charge on any atom is 0.339 e. The van der Waals surface area contributed by atoms with Gasteiger partial charge in [-0.3, -0.25) is 9.36 Å². The van der Waals surface area contributed by atoms with Crippen molar-refractivity contribution in [2.75, 3.05) is 0 Å². The third-order valence-electron chi connectivity index (χ3n) is 1.79. The number of aromatic amines is 1. The first kappa shape index (κ1) is 19.8. The number of hydrogen-bond donors (Lipinski definition) is 1. The molecule has 0 spiro atoms. The van der Waals surface area contributed by atoms with E-state index in [2.05, 4.69) is 43.7 Å². The van der Waals surface area contributed by atoms with E-state index in [0.717, 1.165) is 0 Å². The molecular formula is C11H13Cl4N2O2P. The molecule has 2 rings (SSSR count). The lowest BCUT2D eigenvalue weighted by Gasteiger charge is -1.97. The van der Waals surface area contributed by atoms with Crippen LogP contribution in [-0.4, -0.2) is 9.97 Å². The Kier molecular flexibility index (Phi) is 9.52. The lowest BCUT2D eigenvalue weighted by molar-refractivity contribution is 0.600. The Labute approximate surface area is 136 Å². The molecule has 0 amide bonds. The van der Waals surface area contributed by atoms with E-state index < -0.39 is 5.20 Å². The molecule has 0 atom stereocenters. The molecule has 0 saturated heterocycles. The molecule has 1 N–H and O–H groups in total. The number of para-hydroxylation sites is 1. The summed E-state index contributed by atoms with van der Waals surface area (Å²) < 4.78 is 9.51. The molecule has 0 bridgehead atoms. The molecule has 4 nitrogen and oxygen atoms in total. The van der Waals surface area contributed by atoms with Gasteiger partial charge >= 0.3 is 5.20 Å². The first-order valence-electron chi connectivity index (χ1n) is 5.54. The van der Waals surface area contributed by atoms with Gasteiger partial charge in [0.15, 0.2) is 0 Å². The molecular weight excluding hydrogens is 365 g/mol. The zero-order valence-corrected chi connectivity index (χ0v) is 14.7. The highest BCUT2D eigenvalue weighted by Gasteiger charge is 2.03. The minimum atomic E-state index is -3.22. The molecule has 0 radical (unpaired) electrons. The van der Waals surface area contributed by atoms with Gasteiger partial charge in [0.2, 0.25) is 0 Å². The lowest BCUT2D eigenvalue weighted by atomic mass is 10.2. The van der Waals surface area contributed by atoms with E-state index in [4.69, 9.17) is 11.6 Å². The second-order valence-corrected chi connectivity index (χ2v) is 9.97. The van der Waals surface area contributed by atoms with Gasteiger partial charge in [0, 0.05) is 0 Å². The van der Waals surface area contributed by atoms with Crippen LogP contribution in [0.2, 0.25) is 0 Å². The van der Waals surface area contributed by atoms with Gasteiger partial charge in [0.25, 0.3) is 5.56 Å².